The van der Waals surface area contributed by atoms with Crippen molar-refractivity contribution in [2.75, 3.05) is 4.90 Å². The molecule has 0 radical (unpaired) electrons. The molecule has 8 rings (SSSR count). The van der Waals surface area contributed by atoms with Crippen molar-refractivity contribution in [3.63, 3.8) is 0 Å². The predicted octanol–water partition coefficient (Wildman–Crippen LogP) is 3.88. The van der Waals surface area contributed by atoms with Gasteiger partial charge in [0, 0.05) is 18.9 Å². The summed E-state index contributed by atoms with van der Waals surface area (Å²) in [7, 11) is 1.78. The number of hydrogen-bond donors (Lipinski definition) is 0. The molecule has 2 bridgehead atoms. The second kappa shape index (κ2) is 6.92. The molecule has 0 N–H and O–H groups in total. The molecule has 2 atom stereocenters. The average molecular weight is 462 g/mol. The number of benzene rings is 3. The molecule has 4 aliphatic rings. The second-order valence-corrected chi connectivity index (χ2v) is 9.69. The number of aromatic nitrogens is 2. The van der Waals surface area contributed by atoms with Gasteiger partial charge in [0.1, 0.15) is 5.69 Å². The van der Waals surface area contributed by atoms with Crippen LogP contribution in [0.2, 0.25) is 0 Å². The molecule has 0 saturated carbocycles. The van der Waals surface area contributed by atoms with Gasteiger partial charge in [-0.1, -0.05) is 66.7 Å². The monoisotopic (exact) mass is 461 g/mol. The van der Waals surface area contributed by atoms with Crippen LogP contribution in [0.5, 0.6) is 0 Å². The van der Waals surface area contributed by atoms with E-state index in [9.17, 15) is 14.4 Å². The minimum atomic E-state index is -0.513. The third-order valence-electron chi connectivity index (χ3n) is 8.20. The molecule has 6 heteroatoms. The summed E-state index contributed by atoms with van der Waals surface area (Å²) in [5.41, 5.74) is 5.54. The van der Waals surface area contributed by atoms with Crippen molar-refractivity contribution in [3.05, 3.63) is 117 Å². The van der Waals surface area contributed by atoms with Crippen LogP contribution in [0, 0.1) is 18.8 Å². The van der Waals surface area contributed by atoms with Crippen LogP contribution >= 0.6 is 0 Å². The lowest BCUT2D eigenvalue weighted by molar-refractivity contribution is -0.122. The van der Waals surface area contributed by atoms with Crippen LogP contribution in [0.4, 0.5) is 5.69 Å². The van der Waals surface area contributed by atoms with Gasteiger partial charge in [-0.15, -0.1) is 0 Å². The van der Waals surface area contributed by atoms with E-state index in [0.29, 0.717) is 11.4 Å². The van der Waals surface area contributed by atoms with Crippen LogP contribution in [-0.2, 0) is 16.6 Å². The van der Waals surface area contributed by atoms with Gasteiger partial charge in [0.25, 0.3) is 5.56 Å². The molecule has 2 heterocycles. The van der Waals surface area contributed by atoms with Crippen molar-refractivity contribution in [1.82, 2.24) is 9.36 Å². The largest absolute Gasteiger partial charge is 0.296 e. The summed E-state index contributed by atoms with van der Waals surface area (Å²) in [4.78, 5) is 43.0. The minimum Gasteiger partial charge on any atom is -0.283 e. The lowest BCUT2D eigenvalue weighted by Gasteiger charge is -2.45. The molecule has 4 aromatic rings. The summed E-state index contributed by atoms with van der Waals surface area (Å²) in [6.07, 6.45) is 0. The van der Waals surface area contributed by atoms with E-state index < -0.39 is 11.8 Å². The van der Waals surface area contributed by atoms with Crippen LogP contribution in [0.15, 0.2) is 83.7 Å². The summed E-state index contributed by atoms with van der Waals surface area (Å²) >= 11 is 0. The van der Waals surface area contributed by atoms with Gasteiger partial charge in [-0.05, 0) is 41.3 Å². The number of carbonyl (C=O) groups excluding carboxylic acids is 2. The molecule has 3 aromatic carbocycles. The molecule has 3 aliphatic carbocycles. The van der Waals surface area contributed by atoms with Gasteiger partial charge < -0.3 is 0 Å². The molecule has 1 saturated heterocycles. The number of imide groups is 1. The Kier molecular flexibility index (Phi) is 3.99. The van der Waals surface area contributed by atoms with Crippen molar-refractivity contribution in [3.8, 4) is 5.69 Å². The molecule has 172 valence electrons. The normalized spacial score (nSPS) is 23.9. The van der Waals surface area contributed by atoms with Gasteiger partial charge in [-0.25, -0.2) is 9.58 Å². The van der Waals surface area contributed by atoms with Gasteiger partial charge >= 0.3 is 0 Å². The van der Waals surface area contributed by atoms with Crippen LogP contribution < -0.4 is 10.5 Å². The van der Waals surface area contributed by atoms with E-state index in [1.54, 1.807) is 18.7 Å². The van der Waals surface area contributed by atoms with E-state index in [2.05, 4.69) is 24.3 Å². The first-order chi connectivity index (χ1) is 17.0. The van der Waals surface area contributed by atoms with Crippen LogP contribution in [0.25, 0.3) is 5.69 Å². The second-order valence-electron chi connectivity index (χ2n) is 9.69. The number of rotatable bonds is 2. The number of carbonyl (C=O) groups is 2. The number of hydrogen-bond acceptors (Lipinski definition) is 3. The Morgan fingerprint density at radius 1 is 0.629 bits per heavy atom. The zero-order valence-corrected chi connectivity index (χ0v) is 19.4. The molecule has 1 aliphatic heterocycles. The van der Waals surface area contributed by atoms with Crippen LogP contribution in [0.3, 0.4) is 0 Å². The highest BCUT2D eigenvalue weighted by atomic mass is 16.2. The Bertz CT molecular complexity index is 1500. The van der Waals surface area contributed by atoms with Crippen LogP contribution in [0.1, 0.15) is 39.8 Å². The minimum absolute atomic E-state index is 0.160. The average Bonchev–Trinajstić information content (AvgIpc) is 3.27. The zero-order chi connectivity index (χ0) is 24.0. The topological polar surface area (TPSA) is 64.3 Å². The summed E-state index contributed by atoms with van der Waals surface area (Å²) < 4.78 is 3.24. The quantitative estimate of drug-likeness (QED) is 0.426. The summed E-state index contributed by atoms with van der Waals surface area (Å²) in [6.45, 7) is 1.79. The van der Waals surface area contributed by atoms with Gasteiger partial charge in [0.05, 0.1) is 23.2 Å². The van der Waals surface area contributed by atoms with E-state index in [4.69, 9.17) is 0 Å². The lowest BCUT2D eigenvalue weighted by Crippen LogP contribution is -2.41. The lowest BCUT2D eigenvalue weighted by atomic mass is 9.55. The van der Waals surface area contributed by atoms with Gasteiger partial charge in [-0.3, -0.25) is 19.1 Å². The number of para-hydroxylation sites is 1. The van der Waals surface area contributed by atoms with Gasteiger partial charge in [-0.2, -0.15) is 0 Å². The summed E-state index contributed by atoms with van der Waals surface area (Å²) in [5, 5.41) is 0. The van der Waals surface area contributed by atoms with E-state index in [-0.39, 0.29) is 34.9 Å². The maximum absolute atomic E-state index is 14.1. The highest BCUT2D eigenvalue weighted by Crippen LogP contribution is 2.61. The fourth-order valence-corrected chi connectivity index (χ4v) is 6.71. The first-order valence-electron chi connectivity index (χ1n) is 11.9. The van der Waals surface area contributed by atoms with E-state index in [1.165, 1.54) is 9.58 Å². The van der Waals surface area contributed by atoms with Crippen molar-refractivity contribution < 1.29 is 9.59 Å². The Morgan fingerprint density at radius 2 is 1.06 bits per heavy atom. The standard InChI is InChI=1S/C29H23N3O3/c1-16-26(29(35)32(30(16)2)17-10-4-3-5-11-17)31-27(33)24-22-18-12-6-7-13-19(18)23(25(24)28(31)34)21-15-9-8-14-20(21)22/h3-15,22-25H,1-2H3/t22?,23?,24-,25-/m0/s1. The summed E-state index contributed by atoms with van der Waals surface area (Å²) in [6, 6.07) is 25.6. The molecular formula is C29H23N3O3. The number of nitrogens with zero attached hydrogens (tertiary/aromatic N) is 3. The molecule has 6 nitrogen and oxygen atoms in total. The molecule has 1 fully saturated rings. The first kappa shape index (κ1) is 20.2. The zero-order valence-electron chi connectivity index (χ0n) is 19.4. The van der Waals surface area contributed by atoms with Gasteiger partial charge in [0.2, 0.25) is 11.8 Å². The van der Waals surface area contributed by atoms with Crippen molar-refractivity contribution in [1.29, 1.82) is 0 Å². The third kappa shape index (κ3) is 2.41. The fraction of sp³-hybridized carbons (Fsp3) is 0.207. The molecule has 0 unspecified atom stereocenters. The first-order valence-corrected chi connectivity index (χ1v) is 11.9. The highest BCUT2D eigenvalue weighted by Gasteiger charge is 2.62. The van der Waals surface area contributed by atoms with Crippen molar-refractivity contribution in [2.24, 2.45) is 18.9 Å². The van der Waals surface area contributed by atoms with Gasteiger partial charge in [0.15, 0.2) is 0 Å². The molecule has 35 heavy (non-hydrogen) atoms. The smallest absolute Gasteiger partial charge is 0.283 e. The number of amides is 2. The van der Waals surface area contributed by atoms with E-state index in [0.717, 1.165) is 22.3 Å². The summed E-state index contributed by atoms with van der Waals surface area (Å²) in [5.74, 6) is -1.96. The molecule has 1 aromatic heterocycles. The molecule has 0 spiro atoms. The van der Waals surface area contributed by atoms with Crippen molar-refractivity contribution in [2.45, 2.75) is 18.8 Å². The van der Waals surface area contributed by atoms with Crippen LogP contribution in [-0.4, -0.2) is 21.2 Å². The predicted molar refractivity (Wildman–Crippen MR) is 132 cm³/mol. The Balaban J connectivity index is 1.43. The SMILES string of the molecule is Cc1c(N2C(=O)[C@H]3C4c5ccccc5C(c5ccccc54)[C@@H]3C2=O)c(=O)n(-c2ccccc2)n1C. The molecule has 2 amide bonds. The highest BCUT2D eigenvalue weighted by molar-refractivity contribution is 6.23. The maximum atomic E-state index is 14.1. The van der Waals surface area contributed by atoms with Crippen molar-refractivity contribution >= 4 is 17.5 Å². The number of anilines is 1. The maximum Gasteiger partial charge on any atom is 0.296 e. The fourth-order valence-electron chi connectivity index (χ4n) is 6.71. The third-order valence-corrected chi connectivity index (χ3v) is 8.20. The van der Waals surface area contributed by atoms with E-state index in [1.807, 2.05) is 54.6 Å². The molecular weight excluding hydrogens is 438 g/mol. The Labute approximate surface area is 202 Å². The Morgan fingerprint density at radius 3 is 1.51 bits per heavy atom. The Hall–Kier alpha value is -4.19. The van der Waals surface area contributed by atoms with E-state index >= 15 is 0 Å².